The highest BCUT2D eigenvalue weighted by molar-refractivity contribution is 7.99. The third-order valence-electron chi connectivity index (χ3n) is 3.10. The smallest absolute Gasteiger partial charge is 0.143 e. The highest BCUT2D eigenvalue weighted by Crippen LogP contribution is 2.43. The number of hydrogen-bond acceptors (Lipinski definition) is 4. The summed E-state index contributed by atoms with van der Waals surface area (Å²) in [7, 11) is 3.79. The van der Waals surface area contributed by atoms with Gasteiger partial charge in [-0.05, 0) is 18.6 Å². The molecule has 1 aromatic carbocycles. The third-order valence-corrected chi connectivity index (χ3v) is 4.29. The predicted octanol–water partition coefficient (Wildman–Crippen LogP) is 2.91. The fourth-order valence-electron chi connectivity index (χ4n) is 2.12. The standard InChI is InChI=1S/C13H16N2OS/c1-15-10(5-4-8-14)9-17-12-7-3-6-11(16-2)13(12)15/h3,6-7,10H,4-5,9H2,1-2H3. The van der Waals surface area contributed by atoms with Crippen LogP contribution in [0.15, 0.2) is 23.1 Å². The van der Waals surface area contributed by atoms with Gasteiger partial charge in [-0.3, -0.25) is 0 Å². The monoisotopic (exact) mass is 248 g/mol. The molecule has 0 amide bonds. The van der Waals surface area contributed by atoms with Gasteiger partial charge in [0.2, 0.25) is 0 Å². The highest BCUT2D eigenvalue weighted by atomic mass is 32.2. The van der Waals surface area contributed by atoms with E-state index in [1.807, 2.05) is 23.9 Å². The third kappa shape index (κ3) is 2.34. The van der Waals surface area contributed by atoms with Crippen LogP contribution in [-0.2, 0) is 0 Å². The van der Waals surface area contributed by atoms with Gasteiger partial charge in [-0.2, -0.15) is 5.26 Å². The average molecular weight is 248 g/mol. The zero-order valence-electron chi connectivity index (χ0n) is 10.1. The molecular formula is C13H16N2OS. The number of anilines is 1. The number of ether oxygens (including phenoxy) is 1. The molecule has 0 aliphatic carbocycles. The second-order valence-electron chi connectivity index (χ2n) is 4.08. The Morgan fingerprint density at radius 1 is 1.59 bits per heavy atom. The lowest BCUT2D eigenvalue weighted by Crippen LogP contribution is -2.36. The Balaban J connectivity index is 2.27. The largest absolute Gasteiger partial charge is 0.495 e. The summed E-state index contributed by atoms with van der Waals surface area (Å²) in [5.41, 5.74) is 1.16. The minimum Gasteiger partial charge on any atom is -0.495 e. The number of thioether (sulfide) groups is 1. The number of methoxy groups -OCH3 is 1. The molecule has 4 heteroatoms. The molecule has 0 saturated carbocycles. The van der Waals surface area contributed by atoms with E-state index in [4.69, 9.17) is 10.00 Å². The normalized spacial score (nSPS) is 18.4. The number of rotatable bonds is 3. The van der Waals surface area contributed by atoms with Crippen LogP contribution in [0, 0.1) is 11.3 Å². The van der Waals surface area contributed by atoms with Gasteiger partial charge < -0.3 is 9.64 Å². The predicted molar refractivity (Wildman–Crippen MR) is 70.8 cm³/mol. The van der Waals surface area contributed by atoms with Crippen molar-refractivity contribution in [3.05, 3.63) is 18.2 Å². The molecular weight excluding hydrogens is 232 g/mol. The number of fused-ring (bicyclic) bond motifs is 1. The van der Waals surface area contributed by atoms with Crippen LogP contribution in [-0.4, -0.2) is 26.0 Å². The fourth-order valence-corrected chi connectivity index (χ4v) is 3.44. The van der Waals surface area contributed by atoms with Crippen molar-refractivity contribution in [2.24, 2.45) is 0 Å². The number of hydrogen-bond donors (Lipinski definition) is 0. The average Bonchev–Trinajstić information content (AvgIpc) is 2.37. The highest BCUT2D eigenvalue weighted by Gasteiger charge is 2.26. The second kappa shape index (κ2) is 5.33. The van der Waals surface area contributed by atoms with Gasteiger partial charge in [-0.1, -0.05) is 6.07 Å². The van der Waals surface area contributed by atoms with Crippen LogP contribution < -0.4 is 9.64 Å². The molecule has 0 aromatic heterocycles. The number of nitriles is 1. The molecule has 17 heavy (non-hydrogen) atoms. The molecule has 0 N–H and O–H groups in total. The Hall–Kier alpha value is -1.34. The minimum absolute atomic E-state index is 0.420. The Morgan fingerprint density at radius 3 is 3.12 bits per heavy atom. The summed E-state index contributed by atoms with van der Waals surface area (Å²) < 4.78 is 5.42. The molecule has 1 heterocycles. The first-order valence-corrected chi connectivity index (χ1v) is 6.66. The lowest BCUT2D eigenvalue weighted by Gasteiger charge is -2.36. The van der Waals surface area contributed by atoms with E-state index >= 15 is 0 Å². The molecule has 0 radical (unpaired) electrons. The topological polar surface area (TPSA) is 36.3 Å². The van der Waals surface area contributed by atoms with E-state index in [-0.39, 0.29) is 0 Å². The first-order valence-electron chi connectivity index (χ1n) is 5.67. The van der Waals surface area contributed by atoms with E-state index in [2.05, 4.69) is 24.1 Å². The van der Waals surface area contributed by atoms with E-state index in [1.165, 1.54) is 4.90 Å². The summed E-state index contributed by atoms with van der Waals surface area (Å²) >= 11 is 1.85. The van der Waals surface area contributed by atoms with Crippen molar-refractivity contribution in [2.45, 2.75) is 23.8 Å². The molecule has 3 nitrogen and oxygen atoms in total. The summed E-state index contributed by atoms with van der Waals surface area (Å²) in [4.78, 5) is 3.52. The van der Waals surface area contributed by atoms with Gasteiger partial charge in [0.25, 0.3) is 0 Å². The van der Waals surface area contributed by atoms with Gasteiger partial charge in [-0.15, -0.1) is 11.8 Å². The summed E-state index contributed by atoms with van der Waals surface area (Å²) in [5, 5.41) is 8.68. The Kier molecular flexibility index (Phi) is 3.80. The quantitative estimate of drug-likeness (QED) is 0.824. The summed E-state index contributed by atoms with van der Waals surface area (Å²) in [6, 6.07) is 8.78. The summed E-state index contributed by atoms with van der Waals surface area (Å²) in [5.74, 6) is 1.96. The zero-order chi connectivity index (χ0) is 12.3. The van der Waals surface area contributed by atoms with Crippen molar-refractivity contribution in [1.82, 2.24) is 0 Å². The first-order chi connectivity index (χ1) is 8.27. The van der Waals surface area contributed by atoms with Crippen LogP contribution in [0.2, 0.25) is 0 Å². The number of benzene rings is 1. The molecule has 1 aromatic rings. The van der Waals surface area contributed by atoms with Gasteiger partial charge in [0.15, 0.2) is 0 Å². The molecule has 0 saturated heterocycles. The molecule has 90 valence electrons. The van der Waals surface area contributed by atoms with Crippen molar-refractivity contribution >= 4 is 17.4 Å². The van der Waals surface area contributed by atoms with Crippen molar-refractivity contribution < 1.29 is 4.74 Å². The summed E-state index contributed by atoms with van der Waals surface area (Å²) in [6.07, 6.45) is 1.53. The molecule has 2 rings (SSSR count). The minimum atomic E-state index is 0.420. The molecule has 1 aliphatic heterocycles. The fraction of sp³-hybridized carbons (Fsp3) is 0.462. The van der Waals surface area contributed by atoms with E-state index in [0.29, 0.717) is 12.5 Å². The number of para-hydroxylation sites is 1. The van der Waals surface area contributed by atoms with E-state index in [9.17, 15) is 0 Å². The lowest BCUT2D eigenvalue weighted by atomic mass is 10.1. The van der Waals surface area contributed by atoms with Crippen molar-refractivity contribution in [3.8, 4) is 11.8 Å². The molecule has 0 fully saturated rings. The van der Waals surface area contributed by atoms with Gasteiger partial charge in [0, 0.05) is 30.2 Å². The Morgan fingerprint density at radius 2 is 2.41 bits per heavy atom. The first kappa shape index (κ1) is 12.1. The van der Waals surface area contributed by atoms with Crippen LogP contribution in [0.5, 0.6) is 5.75 Å². The van der Waals surface area contributed by atoms with Gasteiger partial charge in [-0.25, -0.2) is 0 Å². The van der Waals surface area contributed by atoms with Gasteiger partial charge >= 0.3 is 0 Å². The van der Waals surface area contributed by atoms with Crippen LogP contribution in [0.4, 0.5) is 5.69 Å². The van der Waals surface area contributed by atoms with Gasteiger partial charge in [0.1, 0.15) is 5.75 Å². The van der Waals surface area contributed by atoms with E-state index < -0.39 is 0 Å². The van der Waals surface area contributed by atoms with Crippen LogP contribution in [0.3, 0.4) is 0 Å². The van der Waals surface area contributed by atoms with Crippen LogP contribution in [0.25, 0.3) is 0 Å². The zero-order valence-corrected chi connectivity index (χ0v) is 11.0. The van der Waals surface area contributed by atoms with Crippen molar-refractivity contribution in [2.75, 3.05) is 24.8 Å². The number of nitrogens with zero attached hydrogens (tertiary/aromatic N) is 2. The van der Waals surface area contributed by atoms with Crippen molar-refractivity contribution in [3.63, 3.8) is 0 Å². The van der Waals surface area contributed by atoms with Crippen LogP contribution >= 0.6 is 11.8 Å². The lowest BCUT2D eigenvalue weighted by molar-refractivity contribution is 0.412. The molecule has 0 bridgehead atoms. The molecule has 1 atom stereocenters. The van der Waals surface area contributed by atoms with E-state index in [1.54, 1.807) is 7.11 Å². The maximum absolute atomic E-state index is 8.68. The summed E-state index contributed by atoms with van der Waals surface area (Å²) in [6.45, 7) is 0. The van der Waals surface area contributed by atoms with Gasteiger partial charge in [0.05, 0.1) is 18.9 Å². The molecule has 0 spiro atoms. The van der Waals surface area contributed by atoms with Crippen molar-refractivity contribution in [1.29, 1.82) is 5.26 Å². The van der Waals surface area contributed by atoms with E-state index in [0.717, 1.165) is 23.6 Å². The second-order valence-corrected chi connectivity index (χ2v) is 5.14. The Bertz CT molecular complexity index is 427. The molecule has 1 unspecified atom stereocenters. The molecule has 1 aliphatic rings. The SMILES string of the molecule is COc1cccc2c1N(C)C(CCC#N)CS2. The maximum Gasteiger partial charge on any atom is 0.143 e. The Labute approximate surface area is 106 Å². The van der Waals surface area contributed by atoms with Crippen LogP contribution in [0.1, 0.15) is 12.8 Å². The maximum atomic E-state index is 8.68.